The highest BCUT2D eigenvalue weighted by molar-refractivity contribution is 5.92. The summed E-state index contributed by atoms with van der Waals surface area (Å²) in [6, 6.07) is 15.4. The fraction of sp³-hybridized carbons (Fsp3) is 0.348. The number of carbonyl (C=O) groups is 1. The predicted octanol–water partition coefficient (Wildman–Crippen LogP) is 4.18. The van der Waals surface area contributed by atoms with Crippen LogP contribution in [0.25, 0.3) is 11.0 Å². The van der Waals surface area contributed by atoms with Crippen LogP contribution in [0, 0.1) is 18.3 Å². The molecule has 148 valence electrons. The van der Waals surface area contributed by atoms with E-state index < -0.39 is 5.60 Å². The van der Waals surface area contributed by atoms with E-state index in [0.29, 0.717) is 17.1 Å². The molecule has 0 aliphatic heterocycles. The first kappa shape index (κ1) is 19.2. The van der Waals surface area contributed by atoms with Crippen LogP contribution in [0.15, 0.2) is 42.5 Å². The van der Waals surface area contributed by atoms with E-state index in [2.05, 4.69) is 16.4 Å². The van der Waals surface area contributed by atoms with E-state index in [-0.39, 0.29) is 18.4 Å². The Hall–Kier alpha value is -3.17. The van der Waals surface area contributed by atoms with Gasteiger partial charge >= 0.3 is 0 Å². The summed E-state index contributed by atoms with van der Waals surface area (Å²) in [6.07, 6.45) is 3.10. The van der Waals surface area contributed by atoms with Crippen molar-refractivity contribution in [2.45, 2.75) is 51.2 Å². The number of carbonyl (C=O) groups excluding carboxylic acids is 1. The number of hydrogen-bond acceptors (Lipinski definition) is 4. The second-order valence-electron chi connectivity index (χ2n) is 8.02. The maximum atomic E-state index is 12.8. The number of benzene rings is 2. The number of aliphatic hydroxyl groups is 1. The van der Waals surface area contributed by atoms with Gasteiger partial charge in [-0.25, -0.2) is 4.98 Å². The van der Waals surface area contributed by atoms with Crippen LogP contribution in [0.5, 0.6) is 0 Å². The van der Waals surface area contributed by atoms with Crippen LogP contribution in [-0.4, -0.2) is 20.6 Å². The lowest BCUT2D eigenvalue weighted by Crippen LogP contribution is -2.30. The summed E-state index contributed by atoms with van der Waals surface area (Å²) in [4.78, 5) is 17.4. The third kappa shape index (κ3) is 3.62. The maximum absolute atomic E-state index is 12.8. The lowest BCUT2D eigenvalue weighted by Gasteiger charge is -2.29. The molecule has 29 heavy (non-hydrogen) atoms. The van der Waals surface area contributed by atoms with Crippen molar-refractivity contribution >= 4 is 22.9 Å². The molecule has 1 saturated carbocycles. The molecule has 2 N–H and O–H groups in total. The molecule has 0 saturated heterocycles. The zero-order valence-electron chi connectivity index (χ0n) is 16.6. The van der Waals surface area contributed by atoms with E-state index in [1.54, 1.807) is 6.92 Å². The average molecular weight is 388 g/mol. The van der Waals surface area contributed by atoms with Crippen molar-refractivity contribution < 1.29 is 9.90 Å². The lowest BCUT2D eigenvalue weighted by atomic mass is 9.92. The molecule has 0 unspecified atom stereocenters. The standard InChI is InChI=1S/C23H24N4O2/c1-15-11-19-20(12-16(15)14-24)27(18-9-6-10-18)22(25-19)26-21(28)13-23(2,29)17-7-4-3-5-8-17/h3-5,7-8,11-12,18,29H,6,9-10,13H2,1-2H3,(H,25,26,28)/t23-/m1/s1. The van der Waals surface area contributed by atoms with E-state index >= 15 is 0 Å². The van der Waals surface area contributed by atoms with Gasteiger partial charge in [-0.2, -0.15) is 5.26 Å². The van der Waals surface area contributed by atoms with Crippen molar-refractivity contribution in [3.8, 4) is 6.07 Å². The van der Waals surface area contributed by atoms with Gasteiger partial charge in [-0.05, 0) is 56.4 Å². The van der Waals surface area contributed by atoms with Crippen LogP contribution in [-0.2, 0) is 10.4 Å². The lowest BCUT2D eigenvalue weighted by molar-refractivity contribution is -0.120. The number of amides is 1. The number of nitrogens with one attached hydrogen (secondary N) is 1. The number of aromatic nitrogens is 2. The minimum Gasteiger partial charge on any atom is -0.385 e. The quantitative estimate of drug-likeness (QED) is 0.686. The molecule has 1 aromatic heterocycles. The van der Waals surface area contributed by atoms with Gasteiger partial charge in [-0.15, -0.1) is 0 Å². The first-order chi connectivity index (χ1) is 13.9. The van der Waals surface area contributed by atoms with Gasteiger partial charge in [-0.1, -0.05) is 30.3 Å². The van der Waals surface area contributed by atoms with Crippen LogP contribution in [0.2, 0.25) is 0 Å². The van der Waals surface area contributed by atoms with Gasteiger partial charge in [-0.3, -0.25) is 10.1 Å². The Morgan fingerprint density at radius 2 is 2.07 bits per heavy atom. The van der Waals surface area contributed by atoms with E-state index in [0.717, 1.165) is 35.9 Å². The Kier molecular flexibility index (Phi) is 4.85. The number of fused-ring (bicyclic) bond motifs is 1. The Bertz CT molecular complexity index is 1110. The van der Waals surface area contributed by atoms with Crippen LogP contribution in [0.4, 0.5) is 5.95 Å². The molecular formula is C23H24N4O2. The second-order valence-corrected chi connectivity index (χ2v) is 8.02. The molecule has 6 nitrogen and oxygen atoms in total. The molecule has 1 fully saturated rings. The average Bonchev–Trinajstić information content (AvgIpc) is 2.96. The normalized spacial score (nSPS) is 16.1. The van der Waals surface area contributed by atoms with E-state index in [1.165, 1.54) is 0 Å². The number of anilines is 1. The third-order valence-electron chi connectivity index (χ3n) is 5.75. The van der Waals surface area contributed by atoms with Gasteiger partial charge in [0.15, 0.2) is 0 Å². The number of rotatable bonds is 5. The third-order valence-corrected chi connectivity index (χ3v) is 5.75. The molecule has 0 spiro atoms. The second kappa shape index (κ2) is 7.34. The molecule has 1 aliphatic rings. The minimum atomic E-state index is -1.27. The highest BCUT2D eigenvalue weighted by Crippen LogP contribution is 2.38. The highest BCUT2D eigenvalue weighted by Gasteiger charge is 2.29. The largest absolute Gasteiger partial charge is 0.385 e. The highest BCUT2D eigenvalue weighted by atomic mass is 16.3. The van der Waals surface area contributed by atoms with Crippen LogP contribution >= 0.6 is 0 Å². The summed E-state index contributed by atoms with van der Waals surface area (Å²) in [5.41, 5.74) is 2.52. The Morgan fingerprint density at radius 3 is 2.69 bits per heavy atom. The Balaban J connectivity index is 1.65. The number of aryl methyl sites for hydroxylation is 1. The number of imidazole rings is 1. The van der Waals surface area contributed by atoms with Crippen LogP contribution in [0.1, 0.15) is 55.3 Å². The zero-order chi connectivity index (χ0) is 20.6. The van der Waals surface area contributed by atoms with Crippen molar-refractivity contribution in [2.75, 3.05) is 5.32 Å². The van der Waals surface area contributed by atoms with Crippen molar-refractivity contribution in [1.82, 2.24) is 9.55 Å². The van der Waals surface area contributed by atoms with E-state index in [9.17, 15) is 15.2 Å². The molecule has 0 bridgehead atoms. The topological polar surface area (TPSA) is 90.9 Å². The molecule has 1 aliphatic carbocycles. The fourth-order valence-corrected chi connectivity index (χ4v) is 3.85. The zero-order valence-corrected chi connectivity index (χ0v) is 16.6. The summed E-state index contributed by atoms with van der Waals surface area (Å²) in [5.74, 6) is 0.181. The van der Waals surface area contributed by atoms with Gasteiger partial charge in [0.2, 0.25) is 11.9 Å². The Morgan fingerprint density at radius 1 is 1.34 bits per heavy atom. The summed E-state index contributed by atoms with van der Waals surface area (Å²) in [6.45, 7) is 3.52. The van der Waals surface area contributed by atoms with Gasteiger partial charge in [0, 0.05) is 6.04 Å². The first-order valence-corrected chi connectivity index (χ1v) is 9.89. The molecule has 1 amide bonds. The Labute approximate surface area is 169 Å². The first-order valence-electron chi connectivity index (χ1n) is 9.89. The summed E-state index contributed by atoms with van der Waals surface area (Å²) >= 11 is 0. The van der Waals surface area contributed by atoms with Crippen LogP contribution < -0.4 is 5.32 Å². The summed E-state index contributed by atoms with van der Waals surface area (Å²) in [5, 5.41) is 23.1. The fourth-order valence-electron chi connectivity index (χ4n) is 3.85. The number of hydrogen-bond donors (Lipinski definition) is 2. The van der Waals surface area contributed by atoms with Crippen molar-refractivity contribution in [3.63, 3.8) is 0 Å². The van der Waals surface area contributed by atoms with Gasteiger partial charge in [0.25, 0.3) is 0 Å². The SMILES string of the molecule is Cc1cc2nc(NC(=O)C[C@@](C)(O)c3ccccc3)n(C3CCC3)c2cc1C#N. The monoisotopic (exact) mass is 388 g/mol. The van der Waals surface area contributed by atoms with E-state index in [1.807, 2.05) is 54.0 Å². The molecule has 6 heteroatoms. The molecule has 0 radical (unpaired) electrons. The molecule has 3 aromatic rings. The number of nitrogens with zero attached hydrogens (tertiary/aromatic N) is 3. The molecule has 1 atom stereocenters. The summed E-state index contributed by atoms with van der Waals surface area (Å²) in [7, 11) is 0. The molecule has 1 heterocycles. The van der Waals surface area contributed by atoms with E-state index in [4.69, 9.17) is 0 Å². The maximum Gasteiger partial charge on any atom is 0.229 e. The van der Waals surface area contributed by atoms with Crippen molar-refractivity contribution in [1.29, 1.82) is 5.26 Å². The smallest absolute Gasteiger partial charge is 0.229 e. The van der Waals surface area contributed by atoms with Crippen molar-refractivity contribution in [2.24, 2.45) is 0 Å². The van der Waals surface area contributed by atoms with Gasteiger partial charge in [0.05, 0.1) is 34.7 Å². The molecule has 2 aromatic carbocycles. The van der Waals surface area contributed by atoms with Crippen molar-refractivity contribution in [3.05, 3.63) is 59.2 Å². The summed E-state index contributed by atoms with van der Waals surface area (Å²) < 4.78 is 2.04. The minimum absolute atomic E-state index is 0.0760. The van der Waals surface area contributed by atoms with Gasteiger partial charge in [0.1, 0.15) is 0 Å². The molecule has 4 rings (SSSR count). The predicted molar refractivity (Wildman–Crippen MR) is 111 cm³/mol. The molecular weight excluding hydrogens is 364 g/mol. The van der Waals surface area contributed by atoms with Gasteiger partial charge < -0.3 is 9.67 Å². The van der Waals surface area contributed by atoms with Crippen LogP contribution in [0.3, 0.4) is 0 Å². The number of nitriles is 1.